The number of nitro benzene ring substituents is 1. The number of nitrogens with zero attached hydrogens (tertiary/aromatic N) is 1. The molecule has 2 aromatic carbocycles. The van der Waals surface area contributed by atoms with Crippen molar-refractivity contribution in [3.05, 3.63) is 57.1 Å². The molecule has 1 aliphatic rings. The van der Waals surface area contributed by atoms with Crippen LogP contribution in [0.5, 0.6) is 11.5 Å². The highest BCUT2D eigenvalue weighted by atomic mass is 35.5. The zero-order chi connectivity index (χ0) is 20.1. The Labute approximate surface area is 164 Å². The minimum atomic E-state index is -0.721. The van der Waals surface area contributed by atoms with Crippen LogP contribution in [0.3, 0.4) is 0 Å². The normalized spacial score (nSPS) is 12.2. The van der Waals surface area contributed by atoms with Gasteiger partial charge in [0.15, 0.2) is 18.1 Å². The highest BCUT2D eigenvalue weighted by Crippen LogP contribution is 2.31. The van der Waals surface area contributed by atoms with E-state index in [0.717, 1.165) is 0 Å². The lowest BCUT2D eigenvalue weighted by Crippen LogP contribution is -2.22. The van der Waals surface area contributed by atoms with Gasteiger partial charge in [0.25, 0.3) is 11.6 Å². The van der Waals surface area contributed by atoms with Gasteiger partial charge in [-0.1, -0.05) is 17.7 Å². The number of halogens is 1. The first-order chi connectivity index (χ1) is 13.4. The first-order valence-electron chi connectivity index (χ1n) is 8.20. The molecular weight excluding hydrogens is 392 g/mol. The summed E-state index contributed by atoms with van der Waals surface area (Å²) in [5, 5.41) is 13.5. The molecule has 0 spiro atoms. The van der Waals surface area contributed by atoms with Crippen molar-refractivity contribution in [2.75, 3.05) is 25.1 Å². The van der Waals surface area contributed by atoms with E-state index < -0.39 is 23.4 Å². The second-order valence-electron chi connectivity index (χ2n) is 5.78. The number of esters is 1. The number of amides is 1. The molecule has 28 heavy (non-hydrogen) atoms. The Kier molecular flexibility index (Phi) is 5.95. The topological polar surface area (TPSA) is 117 Å². The molecule has 0 unspecified atom stereocenters. The molecule has 1 aliphatic heterocycles. The molecule has 3 rings (SSSR count). The van der Waals surface area contributed by atoms with Gasteiger partial charge in [-0.15, -0.1) is 0 Å². The average molecular weight is 407 g/mol. The SMILES string of the molecule is O=C(COC(=O)Cc1ccc2c(c1)OCCO2)Nc1cc(Cl)ccc1[N+](=O)[O-]. The van der Waals surface area contributed by atoms with Crippen LogP contribution in [0.1, 0.15) is 5.56 Å². The first kappa shape index (κ1) is 19.4. The molecule has 2 aromatic rings. The predicted octanol–water partition coefficient (Wildman–Crippen LogP) is 2.74. The van der Waals surface area contributed by atoms with Crippen molar-refractivity contribution in [3.63, 3.8) is 0 Å². The van der Waals surface area contributed by atoms with Crippen LogP contribution in [-0.4, -0.2) is 36.6 Å². The molecule has 10 heteroatoms. The first-order valence-corrected chi connectivity index (χ1v) is 8.58. The van der Waals surface area contributed by atoms with Crippen molar-refractivity contribution in [2.24, 2.45) is 0 Å². The van der Waals surface area contributed by atoms with Gasteiger partial charge in [0, 0.05) is 11.1 Å². The van der Waals surface area contributed by atoms with Crippen LogP contribution in [0.15, 0.2) is 36.4 Å². The third kappa shape index (κ3) is 4.89. The van der Waals surface area contributed by atoms with Crippen molar-refractivity contribution in [3.8, 4) is 11.5 Å². The Morgan fingerprint density at radius 3 is 2.64 bits per heavy atom. The number of carbonyl (C=O) groups is 2. The molecule has 0 atom stereocenters. The molecular formula is C18H15ClN2O7. The summed E-state index contributed by atoms with van der Waals surface area (Å²) in [6.45, 7) is 0.304. The Morgan fingerprint density at radius 1 is 1.14 bits per heavy atom. The van der Waals surface area contributed by atoms with Gasteiger partial charge in [0.1, 0.15) is 18.9 Å². The van der Waals surface area contributed by atoms with Gasteiger partial charge in [0.05, 0.1) is 11.3 Å². The van der Waals surface area contributed by atoms with Crippen LogP contribution in [0.2, 0.25) is 5.02 Å². The van der Waals surface area contributed by atoms with E-state index in [-0.39, 0.29) is 22.8 Å². The van der Waals surface area contributed by atoms with E-state index in [1.807, 2.05) is 0 Å². The van der Waals surface area contributed by atoms with Crippen molar-refractivity contribution < 1.29 is 28.7 Å². The summed E-state index contributed by atoms with van der Waals surface area (Å²) in [6, 6.07) is 8.82. The summed E-state index contributed by atoms with van der Waals surface area (Å²) in [6.07, 6.45) is -0.0682. The third-order valence-corrected chi connectivity index (χ3v) is 3.98. The van der Waals surface area contributed by atoms with Crippen molar-refractivity contribution in [1.29, 1.82) is 0 Å². The molecule has 0 aliphatic carbocycles. The number of hydrogen-bond acceptors (Lipinski definition) is 7. The fraction of sp³-hybridized carbons (Fsp3) is 0.222. The maximum Gasteiger partial charge on any atom is 0.310 e. The lowest BCUT2D eigenvalue weighted by atomic mass is 10.1. The molecule has 0 aromatic heterocycles. The van der Waals surface area contributed by atoms with E-state index in [1.54, 1.807) is 18.2 Å². The van der Waals surface area contributed by atoms with E-state index in [0.29, 0.717) is 30.3 Å². The number of nitro groups is 1. The van der Waals surface area contributed by atoms with Crippen LogP contribution in [0.4, 0.5) is 11.4 Å². The van der Waals surface area contributed by atoms with Crippen LogP contribution in [0.25, 0.3) is 0 Å². The monoisotopic (exact) mass is 406 g/mol. The molecule has 9 nitrogen and oxygen atoms in total. The second-order valence-corrected chi connectivity index (χ2v) is 6.22. The van der Waals surface area contributed by atoms with Gasteiger partial charge in [-0.2, -0.15) is 0 Å². The fourth-order valence-electron chi connectivity index (χ4n) is 2.52. The summed E-state index contributed by atoms with van der Waals surface area (Å²) in [7, 11) is 0. The van der Waals surface area contributed by atoms with Crippen LogP contribution in [0, 0.1) is 10.1 Å². The highest BCUT2D eigenvalue weighted by molar-refractivity contribution is 6.31. The number of rotatable bonds is 6. The summed E-state index contributed by atoms with van der Waals surface area (Å²) in [4.78, 5) is 34.3. The molecule has 1 amide bonds. The van der Waals surface area contributed by atoms with Gasteiger partial charge in [0.2, 0.25) is 0 Å². The standard InChI is InChI=1S/C18H15ClN2O7/c19-12-2-3-14(21(24)25)13(9-12)20-17(22)10-28-18(23)8-11-1-4-15-16(7-11)27-6-5-26-15/h1-4,7,9H,5-6,8,10H2,(H,20,22). The predicted molar refractivity (Wildman–Crippen MR) is 98.8 cm³/mol. The molecule has 0 fully saturated rings. The number of anilines is 1. The largest absolute Gasteiger partial charge is 0.486 e. The summed E-state index contributed by atoms with van der Waals surface area (Å²) >= 11 is 5.79. The Bertz CT molecular complexity index is 932. The lowest BCUT2D eigenvalue weighted by Gasteiger charge is -2.18. The Balaban J connectivity index is 1.54. The summed E-state index contributed by atoms with van der Waals surface area (Å²) in [5.41, 5.74) is 0.242. The molecule has 1 heterocycles. The van der Waals surface area contributed by atoms with Crippen LogP contribution < -0.4 is 14.8 Å². The van der Waals surface area contributed by atoms with Crippen molar-refractivity contribution >= 4 is 34.9 Å². The minimum absolute atomic E-state index is 0.0682. The maximum atomic E-state index is 12.0. The van der Waals surface area contributed by atoms with E-state index in [9.17, 15) is 19.7 Å². The van der Waals surface area contributed by atoms with E-state index in [1.165, 1.54) is 18.2 Å². The zero-order valence-corrected chi connectivity index (χ0v) is 15.2. The van der Waals surface area contributed by atoms with E-state index in [2.05, 4.69) is 5.32 Å². The Hall–Kier alpha value is -3.33. The molecule has 0 radical (unpaired) electrons. The molecule has 0 bridgehead atoms. The smallest absolute Gasteiger partial charge is 0.310 e. The van der Waals surface area contributed by atoms with Gasteiger partial charge >= 0.3 is 5.97 Å². The molecule has 146 valence electrons. The summed E-state index contributed by atoms with van der Waals surface area (Å²) in [5.74, 6) is -0.207. The number of carbonyl (C=O) groups excluding carboxylic acids is 2. The van der Waals surface area contributed by atoms with Gasteiger partial charge < -0.3 is 19.5 Å². The average Bonchev–Trinajstić information content (AvgIpc) is 2.66. The third-order valence-electron chi connectivity index (χ3n) is 3.75. The number of benzene rings is 2. The fourth-order valence-corrected chi connectivity index (χ4v) is 2.69. The zero-order valence-electron chi connectivity index (χ0n) is 14.5. The summed E-state index contributed by atoms with van der Waals surface area (Å²) < 4.78 is 15.8. The van der Waals surface area contributed by atoms with Crippen molar-refractivity contribution in [2.45, 2.75) is 6.42 Å². The number of hydrogen-bond donors (Lipinski definition) is 1. The van der Waals surface area contributed by atoms with E-state index >= 15 is 0 Å². The molecule has 0 saturated heterocycles. The van der Waals surface area contributed by atoms with Gasteiger partial charge in [-0.05, 0) is 29.8 Å². The Morgan fingerprint density at radius 2 is 1.89 bits per heavy atom. The highest BCUT2D eigenvalue weighted by Gasteiger charge is 2.18. The van der Waals surface area contributed by atoms with Crippen LogP contribution in [-0.2, 0) is 20.7 Å². The minimum Gasteiger partial charge on any atom is -0.486 e. The second kappa shape index (κ2) is 8.57. The van der Waals surface area contributed by atoms with Crippen LogP contribution >= 0.6 is 11.6 Å². The lowest BCUT2D eigenvalue weighted by molar-refractivity contribution is -0.383. The van der Waals surface area contributed by atoms with Crippen molar-refractivity contribution in [1.82, 2.24) is 0 Å². The maximum absolute atomic E-state index is 12.0. The van der Waals surface area contributed by atoms with Gasteiger partial charge in [-0.25, -0.2) is 0 Å². The van der Waals surface area contributed by atoms with Gasteiger partial charge in [-0.3, -0.25) is 19.7 Å². The quantitative estimate of drug-likeness (QED) is 0.445. The molecule has 1 N–H and O–H groups in total. The number of ether oxygens (including phenoxy) is 3. The number of fused-ring (bicyclic) bond motifs is 1. The molecule has 0 saturated carbocycles. The number of nitrogens with one attached hydrogen (secondary N) is 1. The van der Waals surface area contributed by atoms with E-state index in [4.69, 9.17) is 25.8 Å².